The Morgan fingerprint density at radius 1 is 0.857 bits per heavy atom. The largest absolute Gasteiger partial charge is 0.431 e. The Morgan fingerprint density at radius 2 is 1.48 bits per heavy atom. The standard InChI is InChI=1S/C17H14F3N/c1-11-7-12(2)9-14(8-11)21-15-6-4-3-5-13(15)10-16(21)17(18,19)20/h3-10H,1-2H3. The lowest BCUT2D eigenvalue weighted by Gasteiger charge is -2.14. The van der Waals surface area contributed by atoms with Crippen LogP contribution in [-0.2, 0) is 6.18 Å². The predicted octanol–water partition coefficient (Wildman–Crippen LogP) is 5.27. The third-order valence-corrected chi connectivity index (χ3v) is 3.47. The summed E-state index contributed by atoms with van der Waals surface area (Å²) in [7, 11) is 0. The van der Waals surface area contributed by atoms with E-state index in [0.29, 0.717) is 16.6 Å². The Kier molecular flexibility index (Phi) is 3.04. The van der Waals surface area contributed by atoms with E-state index in [1.807, 2.05) is 19.9 Å². The Bertz CT molecular complexity index is 792. The van der Waals surface area contributed by atoms with Gasteiger partial charge in [-0.05, 0) is 49.2 Å². The summed E-state index contributed by atoms with van der Waals surface area (Å²) in [5, 5.41) is 0.587. The second-order valence-corrected chi connectivity index (χ2v) is 5.27. The molecule has 0 aliphatic rings. The molecule has 1 heterocycles. The highest BCUT2D eigenvalue weighted by Gasteiger charge is 2.35. The third kappa shape index (κ3) is 2.42. The number of fused-ring (bicyclic) bond motifs is 1. The number of aryl methyl sites for hydroxylation is 2. The van der Waals surface area contributed by atoms with Crippen molar-refractivity contribution in [3.63, 3.8) is 0 Å². The summed E-state index contributed by atoms with van der Waals surface area (Å²) < 4.78 is 41.3. The monoisotopic (exact) mass is 289 g/mol. The molecule has 0 radical (unpaired) electrons. The maximum absolute atomic E-state index is 13.4. The van der Waals surface area contributed by atoms with Crippen LogP contribution in [0.25, 0.3) is 16.6 Å². The molecule has 3 rings (SSSR count). The summed E-state index contributed by atoms with van der Waals surface area (Å²) in [6, 6.07) is 13.6. The van der Waals surface area contributed by atoms with Gasteiger partial charge in [0, 0.05) is 11.1 Å². The number of nitrogens with zero attached hydrogens (tertiary/aromatic N) is 1. The normalized spacial score (nSPS) is 12.0. The van der Waals surface area contributed by atoms with Crippen LogP contribution in [0.2, 0.25) is 0 Å². The molecule has 0 atom stereocenters. The maximum Gasteiger partial charge on any atom is 0.431 e. The van der Waals surface area contributed by atoms with Crippen LogP contribution < -0.4 is 0 Å². The first-order chi connectivity index (χ1) is 9.86. The number of halogens is 3. The van der Waals surface area contributed by atoms with Crippen molar-refractivity contribution in [1.82, 2.24) is 4.57 Å². The SMILES string of the molecule is Cc1cc(C)cc(-n2c(C(F)(F)F)cc3ccccc32)c1. The number of para-hydroxylation sites is 1. The van der Waals surface area contributed by atoms with Crippen molar-refractivity contribution in [3.8, 4) is 5.69 Å². The highest BCUT2D eigenvalue weighted by molar-refractivity contribution is 5.83. The third-order valence-electron chi connectivity index (χ3n) is 3.47. The van der Waals surface area contributed by atoms with Gasteiger partial charge in [-0.1, -0.05) is 24.3 Å². The van der Waals surface area contributed by atoms with Crippen molar-refractivity contribution in [1.29, 1.82) is 0 Å². The summed E-state index contributed by atoms with van der Waals surface area (Å²) >= 11 is 0. The molecular weight excluding hydrogens is 275 g/mol. The van der Waals surface area contributed by atoms with Gasteiger partial charge in [-0.3, -0.25) is 0 Å². The molecular formula is C17H14F3N. The molecule has 0 saturated heterocycles. The van der Waals surface area contributed by atoms with E-state index in [2.05, 4.69) is 0 Å². The Balaban J connectivity index is 2.39. The molecule has 108 valence electrons. The molecule has 0 fully saturated rings. The minimum atomic E-state index is -4.39. The van der Waals surface area contributed by atoms with Gasteiger partial charge in [0.15, 0.2) is 0 Å². The Morgan fingerprint density at radius 3 is 2.10 bits per heavy atom. The van der Waals surface area contributed by atoms with Gasteiger partial charge >= 0.3 is 6.18 Å². The molecule has 1 aromatic heterocycles. The average molecular weight is 289 g/mol. The number of hydrogen-bond donors (Lipinski definition) is 0. The van der Waals surface area contributed by atoms with Crippen molar-refractivity contribution in [3.05, 3.63) is 65.4 Å². The fourth-order valence-corrected chi connectivity index (χ4v) is 2.72. The quantitative estimate of drug-likeness (QED) is 0.575. The number of hydrogen-bond acceptors (Lipinski definition) is 0. The molecule has 0 unspecified atom stereocenters. The number of aromatic nitrogens is 1. The minimum absolute atomic E-state index is 0.543. The van der Waals surface area contributed by atoms with Crippen molar-refractivity contribution >= 4 is 10.9 Å². The molecule has 2 aromatic carbocycles. The maximum atomic E-state index is 13.4. The predicted molar refractivity (Wildman–Crippen MR) is 77.8 cm³/mol. The van der Waals surface area contributed by atoms with E-state index in [0.717, 1.165) is 11.1 Å². The van der Waals surface area contributed by atoms with Crippen LogP contribution in [0.4, 0.5) is 13.2 Å². The lowest BCUT2D eigenvalue weighted by atomic mass is 10.1. The van der Waals surface area contributed by atoms with E-state index in [-0.39, 0.29) is 0 Å². The Labute approximate surface area is 120 Å². The fraction of sp³-hybridized carbons (Fsp3) is 0.176. The summed E-state index contributed by atoms with van der Waals surface area (Å²) in [4.78, 5) is 0. The molecule has 3 aromatic rings. The lowest BCUT2D eigenvalue weighted by molar-refractivity contribution is -0.142. The Hall–Kier alpha value is -2.23. The van der Waals surface area contributed by atoms with E-state index in [4.69, 9.17) is 0 Å². The van der Waals surface area contributed by atoms with Gasteiger partial charge in [-0.15, -0.1) is 0 Å². The van der Waals surface area contributed by atoms with Gasteiger partial charge in [-0.2, -0.15) is 13.2 Å². The number of alkyl halides is 3. The van der Waals surface area contributed by atoms with Crippen LogP contribution in [0.1, 0.15) is 16.8 Å². The first kappa shape index (κ1) is 13.7. The van der Waals surface area contributed by atoms with Gasteiger partial charge in [0.05, 0.1) is 5.52 Å². The zero-order valence-corrected chi connectivity index (χ0v) is 11.7. The number of rotatable bonds is 1. The highest BCUT2D eigenvalue weighted by Crippen LogP contribution is 2.36. The van der Waals surface area contributed by atoms with Crippen LogP contribution in [0, 0.1) is 13.8 Å². The van der Waals surface area contributed by atoms with Gasteiger partial charge in [0.1, 0.15) is 5.69 Å². The van der Waals surface area contributed by atoms with Crippen molar-refractivity contribution in [2.45, 2.75) is 20.0 Å². The van der Waals surface area contributed by atoms with Gasteiger partial charge in [-0.25, -0.2) is 0 Å². The van der Waals surface area contributed by atoms with Crippen LogP contribution in [0.15, 0.2) is 48.5 Å². The van der Waals surface area contributed by atoms with E-state index >= 15 is 0 Å². The van der Waals surface area contributed by atoms with Gasteiger partial charge in [0.2, 0.25) is 0 Å². The molecule has 0 spiro atoms. The molecule has 0 amide bonds. The van der Waals surface area contributed by atoms with Gasteiger partial charge in [0.25, 0.3) is 0 Å². The summed E-state index contributed by atoms with van der Waals surface area (Å²) in [5.41, 5.74) is 2.34. The molecule has 0 N–H and O–H groups in total. The molecule has 1 nitrogen and oxygen atoms in total. The first-order valence-corrected chi connectivity index (χ1v) is 6.62. The van der Waals surface area contributed by atoms with Crippen LogP contribution >= 0.6 is 0 Å². The van der Waals surface area contributed by atoms with E-state index in [9.17, 15) is 13.2 Å². The molecule has 4 heteroatoms. The number of benzene rings is 2. The summed E-state index contributed by atoms with van der Waals surface area (Å²) in [6.45, 7) is 3.77. The highest BCUT2D eigenvalue weighted by atomic mass is 19.4. The average Bonchev–Trinajstić information content (AvgIpc) is 2.76. The summed E-state index contributed by atoms with van der Waals surface area (Å²) in [5.74, 6) is 0. The molecule has 0 bridgehead atoms. The lowest BCUT2D eigenvalue weighted by Crippen LogP contribution is -2.12. The van der Waals surface area contributed by atoms with Crippen molar-refractivity contribution in [2.75, 3.05) is 0 Å². The van der Waals surface area contributed by atoms with Crippen LogP contribution in [-0.4, -0.2) is 4.57 Å². The van der Waals surface area contributed by atoms with Crippen molar-refractivity contribution in [2.24, 2.45) is 0 Å². The van der Waals surface area contributed by atoms with Crippen LogP contribution in [0.3, 0.4) is 0 Å². The molecule has 21 heavy (non-hydrogen) atoms. The van der Waals surface area contributed by atoms with Crippen LogP contribution in [0.5, 0.6) is 0 Å². The second kappa shape index (κ2) is 4.65. The van der Waals surface area contributed by atoms with Gasteiger partial charge < -0.3 is 4.57 Å². The van der Waals surface area contributed by atoms with E-state index < -0.39 is 11.9 Å². The fourth-order valence-electron chi connectivity index (χ4n) is 2.72. The topological polar surface area (TPSA) is 4.93 Å². The minimum Gasteiger partial charge on any atom is -0.305 e. The van der Waals surface area contributed by atoms with E-state index in [1.165, 1.54) is 10.6 Å². The summed E-state index contributed by atoms with van der Waals surface area (Å²) in [6.07, 6.45) is -4.39. The zero-order chi connectivity index (χ0) is 15.2. The smallest absolute Gasteiger partial charge is 0.305 e. The molecule has 0 saturated carbocycles. The molecule has 0 aliphatic heterocycles. The van der Waals surface area contributed by atoms with Crippen molar-refractivity contribution < 1.29 is 13.2 Å². The second-order valence-electron chi connectivity index (χ2n) is 5.27. The zero-order valence-electron chi connectivity index (χ0n) is 11.7. The van der Waals surface area contributed by atoms with E-state index in [1.54, 1.807) is 36.4 Å². The first-order valence-electron chi connectivity index (χ1n) is 6.62. The molecule has 0 aliphatic carbocycles.